The molecule has 7 heteroatoms. The van der Waals surface area contributed by atoms with Gasteiger partial charge in [0.1, 0.15) is 11.7 Å². The van der Waals surface area contributed by atoms with Crippen molar-refractivity contribution in [2.45, 2.75) is 26.7 Å². The summed E-state index contributed by atoms with van der Waals surface area (Å²) in [6.45, 7) is 1.58. The molecular formula is C27H27ClFN3O2. The molecule has 0 spiro atoms. The summed E-state index contributed by atoms with van der Waals surface area (Å²) in [6.07, 6.45) is 1.92. The fraction of sp³-hybridized carbons (Fsp3) is 0.222. The van der Waals surface area contributed by atoms with E-state index in [-0.39, 0.29) is 31.2 Å². The van der Waals surface area contributed by atoms with Gasteiger partial charge in [-0.15, -0.1) is 0 Å². The van der Waals surface area contributed by atoms with Gasteiger partial charge in [-0.3, -0.25) is 15.0 Å². The van der Waals surface area contributed by atoms with E-state index in [0.717, 1.165) is 25.9 Å². The summed E-state index contributed by atoms with van der Waals surface area (Å²) in [5, 5.41) is 11.6. The van der Waals surface area contributed by atoms with Gasteiger partial charge in [-0.1, -0.05) is 43.3 Å². The maximum atomic E-state index is 14.8. The molecule has 176 valence electrons. The van der Waals surface area contributed by atoms with Gasteiger partial charge in [0, 0.05) is 41.3 Å². The number of carbonyl (C=O) groups excluding carboxylic acids is 2. The molecule has 1 aliphatic heterocycles. The predicted molar refractivity (Wildman–Crippen MR) is 135 cm³/mol. The van der Waals surface area contributed by atoms with E-state index < -0.39 is 11.6 Å². The quantitative estimate of drug-likeness (QED) is 0.250. The number of Topliss-reactive ketones (excluding diaryl/α,β-unsaturated/α-hetero) is 1. The van der Waals surface area contributed by atoms with Crippen LogP contribution in [0.25, 0.3) is 0 Å². The first-order valence-electron chi connectivity index (χ1n) is 10.7. The first kappa shape index (κ1) is 25.1. The third kappa shape index (κ3) is 5.69. The van der Waals surface area contributed by atoms with Crippen LogP contribution in [0.5, 0.6) is 0 Å². The third-order valence-electron chi connectivity index (χ3n) is 5.68. The number of carbonyl (C=O) groups is 2. The maximum Gasteiger partial charge on any atom is 0.255 e. The predicted octanol–water partition coefficient (Wildman–Crippen LogP) is 6.21. The zero-order valence-corrected chi connectivity index (χ0v) is 18.7. The molecule has 3 aromatic carbocycles. The molecule has 2 N–H and O–H groups in total. The highest BCUT2D eigenvalue weighted by atomic mass is 35.5. The molecule has 0 saturated carbocycles. The molecule has 1 amide bonds. The molecule has 0 unspecified atom stereocenters. The summed E-state index contributed by atoms with van der Waals surface area (Å²) in [4.78, 5) is 27.6. The standard InChI is InChI=1S/C26H23ClFN3O2.CH4/c27-19-8-10-20(11-9-19)30-26(33)21-6-2-1-5-17(21)16-24(32)22-12-7-18(15-23(22)28)25(29)31-13-3-4-14-31;/h1-2,5-12,15,29H,3-4,13-14,16H2,(H,30,33);1H4. The van der Waals surface area contributed by atoms with Crippen LogP contribution in [0.3, 0.4) is 0 Å². The Morgan fingerprint density at radius 3 is 2.32 bits per heavy atom. The summed E-state index contributed by atoms with van der Waals surface area (Å²) in [5.41, 5.74) is 1.82. The summed E-state index contributed by atoms with van der Waals surface area (Å²) in [5.74, 6) is -1.19. The Bertz CT molecular complexity index is 1200. The minimum atomic E-state index is -0.662. The average molecular weight is 480 g/mol. The lowest BCUT2D eigenvalue weighted by Gasteiger charge is -2.18. The Morgan fingerprint density at radius 1 is 0.971 bits per heavy atom. The average Bonchev–Trinajstić information content (AvgIpc) is 3.35. The largest absolute Gasteiger partial charge is 0.357 e. The first-order valence-corrected chi connectivity index (χ1v) is 11.1. The molecule has 0 atom stereocenters. The monoisotopic (exact) mass is 479 g/mol. The van der Waals surface area contributed by atoms with Crippen molar-refractivity contribution in [2.24, 2.45) is 0 Å². The van der Waals surface area contributed by atoms with Crippen LogP contribution in [0.15, 0.2) is 66.7 Å². The zero-order valence-electron chi connectivity index (χ0n) is 17.9. The van der Waals surface area contributed by atoms with Gasteiger partial charge in [-0.05, 0) is 60.9 Å². The molecule has 1 aliphatic rings. The van der Waals surface area contributed by atoms with E-state index in [1.807, 2.05) is 4.90 Å². The number of amidine groups is 1. The highest BCUT2D eigenvalue weighted by Crippen LogP contribution is 2.20. The summed E-state index contributed by atoms with van der Waals surface area (Å²) < 4.78 is 14.8. The minimum absolute atomic E-state index is 0. The topological polar surface area (TPSA) is 73.3 Å². The number of nitrogens with zero attached hydrogens (tertiary/aromatic N) is 1. The Labute approximate surface area is 204 Å². The van der Waals surface area contributed by atoms with E-state index in [1.165, 1.54) is 12.1 Å². The van der Waals surface area contributed by atoms with Crippen molar-refractivity contribution in [1.82, 2.24) is 4.90 Å². The molecule has 34 heavy (non-hydrogen) atoms. The number of ketones is 1. The Morgan fingerprint density at radius 2 is 1.65 bits per heavy atom. The number of rotatable bonds is 6. The van der Waals surface area contributed by atoms with Gasteiger partial charge in [0.15, 0.2) is 5.78 Å². The molecular weight excluding hydrogens is 453 g/mol. The molecule has 0 radical (unpaired) electrons. The third-order valence-corrected chi connectivity index (χ3v) is 5.93. The Balaban J connectivity index is 0.00000324. The molecule has 0 aromatic heterocycles. The molecule has 1 heterocycles. The van der Waals surface area contributed by atoms with Gasteiger partial charge in [-0.2, -0.15) is 0 Å². The molecule has 0 bridgehead atoms. The van der Waals surface area contributed by atoms with E-state index in [2.05, 4.69) is 5.32 Å². The molecule has 5 nitrogen and oxygen atoms in total. The van der Waals surface area contributed by atoms with E-state index >= 15 is 0 Å². The molecule has 4 rings (SSSR count). The second-order valence-electron chi connectivity index (χ2n) is 7.96. The van der Waals surface area contributed by atoms with Gasteiger partial charge < -0.3 is 10.2 Å². The van der Waals surface area contributed by atoms with Crippen molar-refractivity contribution in [3.8, 4) is 0 Å². The summed E-state index contributed by atoms with van der Waals surface area (Å²) in [7, 11) is 0. The number of hydrogen-bond donors (Lipinski definition) is 2. The fourth-order valence-electron chi connectivity index (χ4n) is 3.91. The SMILES string of the molecule is C.N=C(c1ccc(C(=O)Cc2ccccc2C(=O)Nc2ccc(Cl)cc2)c(F)c1)N1CCCC1. The molecule has 1 saturated heterocycles. The van der Waals surface area contributed by atoms with Crippen molar-refractivity contribution >= 4 is 34.8 Å². The smallest absolute Gasteiger partial charge is 0.255 e. The van der Waals surface area contributed by atoms with Gasteiger partial charge in [0.05, 0.1) is 5.56 Å². The van der Waals surface area contributed by atoms with Crippen molar-refractivity contribution in [1.29, 1.82) is 5.41 Å². The van der Waals surface area contributed by atoms with E-state index in [9.17, 15) is 14.0 Å². The van der Waals surface area contributed by atoms with Crippen LogP contribution >= 0.6 is 11.6 Å². The van der Waals surface area contributed by atoms with Crippen LogP contribution in [0.2, 0.25) is 5.02 Å². The lowest BCUT2D eigenvalue weighted by molar-refractivity contribution is 0.0988. The lowest BCUT2D eigenvalue weighted by atomic mass is 9.97. The number of likely N-dealkylation sites (tertiary alicyclic amines) is 1. The van der Waals surface area contributed by atoms with Gasteiger partial charge >= 0.3 is 0 Å². The van der Waals surface area contributed by atoms with Crippen LogP contribution in [0, 0.1) is 11.2 Å². The van der Waals surface area contributed by atoms with Crippen molar-refractivity contribution in [2.75, 3.05) is 18.4 Å². The molecule has 1 fully saturated rings. The van der Waals surface area contributed by atoms with Gasteiger partial charge in [-0.25, -0.2) is 4.39 Å². The van der Waals surface area contributed by atoms with Crippen LogP contribution in [-0.4, -0.2) is 35.5 Å². The van der Waals surface area contributed by atoms with Crippen LogP contribution in [-0.2, 0) is 6.42 Å². The fourth-order valence-corrected chi connectivity index (χ4v) is 4.03. The number of anilines is 1. The number of benzene rings is 3. The number of nitrogens with one attached hydrogen (secondary N) is 2. The second-order valence-corrected chi connectivity index (χ2v) is 8.39. The zero-order chi connectivity index (χ0) is 23.4. The Hall–Kier alpha value is -3.51. The minimum Gasteiger partial charge on any atom is -0.357 e. The van der Waals surface area contributed by atoms with Crippen molar-refractivity contribution in [3.05, 3.63) is 99.8 Å². The van der Waals surface area contributed by atoms with E-state index in [1.54, 1.807) is 54.6 Å². The number of hydrogen-bond acceptors (Lipinski definition) is 3. The lowest BCUT2D eigenvalue weighted by Crippen LogP contribution is -2.27. The summed E-state index contributed by atoms with van der Waals surface area (Å²) in [6, 6.07) is 17.7. The first-order chi connectivity index (χ1) is 15.9. The van der Waals surface area contributed by atoms with Crippen LogP contribution in [0.1, 0.15) is 52.1 Å². The van der Waals surface area contributed by atoms with E-state index in [0.29, 0.717) is 27.4 Å². The van der Waals surface area contributed by atoms with Crippen LogP contribution in [0.4, 0.5) is 10.1 Å². The van der Waals surface area contributed by atoms with Crippen LogP contribution < -0.4 is 5.32 Å². The van der Waals surface area contributed by atoms with Gasteiger partial charge in [0.2, 0.25) is 0 Å². The molecule has 3 aromatic rings. The van der Waals surface area contributed by atoms with Crippen molar-refractivity contribution in [3.63, 3.8) is 0 Å². The van der Waals surface area contributed by atoms with E-state index in [4.69, 9.17) is 17.0 Å². The highest BCUT2D eigenvalue weighted by molar-refractivity contribution is 6.30. The number of amides is 1. The normalized spacial score (nSPS) is 12.7. The molecule has 0 aliphatic carbocycles. The maximum absolute atomic E-state index is 14.8. The Kier molecular flexibility index (Phi) is 8.18. The highest BCUT2D eigenvalue weighted by Gasteiger charge is 2.20. The van der Waals surface area contributed by atoms with Gasteiger partial charge in [0.25, 0.3) is 5.91 Å². The second kappa shape index (κ2) is 11.1. The number of halogens is 2. The summed E-state index contributed by atoms with van der Waals surface area (Å²) >= 11 is 5.88. The van der Waals surface area contributed by atoms with Crippen molar-refractivity contribution < 1.29 is 14.0 Å².